The van der Waals surface area contributed by atoms with Crippen LogP contribution in [0.2, 0.25) is 5.02 Å². The maximum Gasteiger partial charge on any atom is 0.273 e. The first-order valence-corrected chi connectivity index (χ1v) is 13.6. The van der Waals surface area contributed by atoms with E-state index in [-0.39, 0.29) is 5.91 Å². The van der Waals surface area contributed by atoms with Crippen LogP contribution in [0.5, 0.6) is 17.2 Å². The van der Waals surface area contributed by atoms with Gasteiger partial charge in [-0.2, -0.15) is 5.10 Å². The summed E-state index contributed by atoms with van der Waals surface area (Å²) in [6.45, 7) is 0.805. The molecule has 0 bridgehead atoms. The highest BCUT2D eigenvalue weighted by Gasteiger charge is 2.42. The molecule has 7 nitrogen and oxygen atoms in total. The monoisotopic (exact) mass is 565 g/mol. The van der Waals surface area contributed by atoms with Gasteiger partial charge in [-0.05, 0) is 53.1 Å². The van der Waals surface area contributed by atoms with Gasteiger partial charge in [-0.1, -0.05) is 72.3 Å². The maximum absolute atomic E-state index is 13.8. The third-order valence-electron chi connectivity index (χ3n) is 7.23. The molecule has 4 aromatic carbocycles. The Morgan fingerprint density at radius 1 is 0.854 bits per heavy atom. The number of carbonyl (C=O) groups is 1. The van der Waals surface area contributed by atoms with Gasteiger partial charge >= 0.3 is 0 Å². The summed E-state index contributed by atoms with van der Waals surface area (Å²) in [5.41, 5.74) is 5.77. The zero-order valence-electron chi connectivity index (χ0n) is 22.6. The normalized spacial score (nSPS) is 14.2. The quantitative estimate of drug-likeness (QED) is 0.207. The molecule has 0 radical (unpaired) electrons. The van der Waals surface area contributed by atoms with Crippen molar-refractivity contribution >= 4 is 17.5 Å². The number of methoxy groups -OCH3 is 2. The van der Waals surface area contributed by atoms with Crippen molar-refractivity contribution < 1.29 is 19.0 Å². The van der Waals surface area contributed by atoms with E-state index in [2.05, 4.69) is 10.2 Å². The van der Waals surface area contributed by atoms with Gasteiger partial charge in [0, 0.05) is 22.7 Å². The second-order valence-corrected chi connectivity index (χ2v) is 10.2. The lowest BCUT2D eigenvalue weighted by Gasteiger charge is -2.27. The number of aromatic nitrogens is 2. The van der Waals surface area contributed by atoms with Gasteiger partial charge in [0.1, 0.15) is 18.1 Å². The fourth-order valence-corrected chi connectivity index (χ4v) is 5.30. The number of rotatable bonds is 9. The number of H-pyrrole nitrogens is 1. The Labute approximate surface area is 243 Å². The first-order chi connectivity index (χ1) is 20.1. The summed E-state index contributed by atoms with van der Waals surface area (Å²) in [7, 11) is 3.25. The minimum atomic E-state index is -0.416. The van der Waals surface area contributed by atoms with Crippen LogP contribution >= 0.6 is 11.6 Å². The van der Waals surface area contributed by atoms with Gasteiger partial charge in [0.05, 0.1) is 26.0 Å². The van der Waals surface area contributed by atoms with Crippen LogP contribution in [0.15, 0.2) is 97.1 Å². The largest absolute Gasteiger partial charge is 0.497 e. The van der Waals surface area contributed by atoms with Crippen LogP contribution in [0.1, 0.15) is 38.8 Å². The van der Waals surface area contributed by atoms with Gasteiger partial charge in [0.15, 0.2) is 11.5 Å². The van der Waals surface area contributed by atoms with Crippen molar-refractivity contribution in [1.29, 1.82) is 0 Å². The lowest BCUT2D eigenvalue weighted by molar-refractivity contribution is 0.0730. The van der Waals surface area contributed by atoms with Gasteiger partial charge in [0.25, 0.3) is 5.91 Å². The second-order valence-electron chi connectivity index (χ2n) is 9.74. The molecule has 0 spiro atoms. The molecular weight excluding hydrogens is 538 g/mol. The van der Waals surface area contributed by atoms with Crippen molar-refractivity contribution in [3.8, 4) is 28.5 Å². The van der Waals surface area contributed by atoms with E-state index in [1.54, 1.807) is 14.2 Å². The van der Waals surface area contributed by atoms with Crippen molar-refractivity contribution in [3.05, 3.63) is 130 Å². The minimum absolute atomic E-state index is 0.128. The molecule has 2 heterocycles. The van der Waals surface area contributed by atoms with E-state index in [1.807, 2.05) is 102 Å². The summed E-state index contributed by atoms with van der Waals surface area (Å²) in [6.07, 6.45) is 0. The molecule has 1 amide bonds. The summed E-state index contributed by atoms with van der Waals surface area (Å²) >= 11 is 6.16. The molecule has 0 saturated carbocycles. The Morgan fingerprint density at radius 2 is 1.61 bits per heavy atom. The number of ether oxygens (including phenoxy) is 3. The van der Waals surface area contributed by atoms with E-state index in [9.17, 15) is 4.79 Å². The zero-order chi connectivity index (χ0) is 28.3. The highest BCUT2D eigenvalue weighted by Crippen LogP contribution is 2.45. The molecule has 8 heteroatoms. The molecule has 5 aromatic rings. The fraction of sp³-hybridized carbons (Fsp3) is 0.152. The lowest BCUT2D eigenvalue weighted by Crippen LogP contribution is -2.29. The third kappa shape index (κ3) is 5.24. The molecule has 41 heavy (non-hydrogen) atoms. The SMILES string of the molecule is COc1ccc(CN2C(=O)c3[nH]nc(-c4ccc(Cl)cc4)c3C2c2ccc(OCc3ccccc3)c(OC)c2)cc1. The van der Waals surface area contributed by atoms with Crippen LogP contribution in [0.4, 0.5) is 0 Å². The van der Waals surface area contributed by atoms with Crippen LogP contribution < -0.4 is 14.2 Å². The van der Waals surface area contributed by atoms with Crippen molar-refractivity contribution in [1.82, 2.24) is 15.1 Å². The van der Waals surface area contributed by atoms with E-state index in [1.165, 1.54) is 0 Å². The standard InChI is InChI=1S/C33H28ClN3O4/c1-39-26-15-8-21(9-16-26)19-37-32(29-30(35-36-31(29)33(37)38)23-10-13-25(34)14-11-23)24-12-17-27(28(18-24)40-2)41-20-22-6-4-3-5-7-22/h3-18,32H,19-20H2,1-2H3,(H,35,36). The maximum atomic E-state index is 13.8. The zero-order valence-corrected chi connectivity index (χ0v) is 23.4. The first kappa shape index (κ1) is 26.5. The predicted octanol–water partition coefficient (Wildman–Crippen LogP) is 7.07. The number of benzene rings is 4. The number of hydrogen-bond donors (Lipinski definition) is 1. The second kappa shape index (κ2) is 11.4. The van der Waals surface area contributed by atoms with E-state index >= 15 is 0 Å². The number of carbonyl (C=O) groups excluding carboxylic acids is 1. The number of amides is 1. The lowest BCUT2D eigenvalue weighted by atomic mass is 9.95. The Morgan fingerprint density at radius 3 is 2.32 bits per heavy atom. The Hall–Kier alpha value is -4.75. The average molecular weight is 566 g/mol. The van der Waals surface area contributed by atoms with Crippen molar-refractivity contribution in [3.63, 3.8) is 0 Å². The van der Waals surface area contributed by atoms with Crippen LogP contribution in [0.3, 0.4) is 0 Å². The number of hydrogen-bond acceptors (Lipinski definition) is 5. The van der Waals surface area contributed by atoms with Crippen LogP contribution in [0, 0.1) is 0 Å². The predicted molar refractivity (Wildman–Crippen MR) is 158 cm³/mol. The molecule has 1 aliphatic rings. The number of halogens is 1. The number of nitrogens with one attached hydrogen (secondary N) is 1. The first-order valence-electron chi connectivity index (χ1n) is 13.2. The summed E-state index contributed by atoms with van der Waals surface area (Å²) in [5, 5.41) is 8.20. The van der Waals surface area contributed by atoms with E-state index in [0.29, 0.717) is 41.1 Å². The third-order valence-corrected chi connectivity index (χ3v) is 7.49. The minimum Gasteiger partial charge on any atom is -0.497 e. The molecule has 0 aliphatic carbocycles. The number of nitrogens with zero attached hydrogens (tertiary/aromatic N) is 2. The van der Waals surface area contributed by atoms with Crippen molar-refractivity contribution in [2.24, 2.45) is 0 Å². The van der Waals surface area contributed by atoms with Gasteiger partial charge in [-0.3, -0.25) is 9.89 Å². The molecule has 1 unspecified atom stereocenters. The summed E-state index contributed by atoms with van der Waals surface area (Å²) in [4.78, 5) is 15.7. The van der Waals surface area contributed by atoms with Crippen LogP contribution in [0.25, 0.3) is 11.3 Å². The van der Waals surface area contributed by atoms with Crippen LogP contribution in [-0.4, -0.2) is 35.2 Å². The molecule has 1 aliphatic heterocycles. The van der Waals surface area contributed by atoms with Gasteiger partial charge < -0.3 is 19.1 Å². The molecule has 1 N–H and O–H groups in total. The molecule has 206 valence electrons. The number of fused-ring (bicyclic) bond motifs is 1. The molecule has 0 saturated heterocycles. The average Bonchev–Trinajstić information content (AvgIpc) is 3.56. The molecule has 0 fully saturated rings. The Balaban J connectivity index is 1.40. The highest BCUT2D eigenvalue weighted by atomic mass is 35.5. The van der Waals surface area contributed by atoms with Crippen molar-refractivity contribution in [2.45, 2.75) is 19.2 Å². The Bertz CT molecular complexity index is 1670. The highest BCUT2D eigenvalue weighted by molar-refractivity contribution is 6.30. The smallest absolute Gasteiger partial charge is 0.273 e. The van der Waals surface area contributed by atoms with Crippen molar-refractivity contribution in [2.75, 3.05) is 14.2 Å². The molecular formula is C33H28ClN3O4. The van der Waals surface area contributed by atoms with Gasteiger partial charge in [-0.15, -0.1) is 0 Å². The summed E-state index contributed by atoms with van der Waals surface area (Å²) in [6, 6.07) is 30.6. The fourth-order valence-electron chi connectivity index (χ4n) is 5.17. The van der Waals surface area contributed by atoms with Gasteiger partial charge in [-0.25, -0.2) is 0 Å². The number of aromatic amines is 1. The summed E-state index contributed by atoms with van der Waals surface area (Å²) in [5.74, 6) is 1.84. The van der Waals surface area contributed by atoms with E-state index in [4.69, 9.17) is 25.8 Å². The van der Waals surface area contributed by atoms with Crippen LogP contribution in [-0.2, 0) is 13.2 Å². The van der Waals surface area contributed by atoms with E-state index < -0.39 is 6.04 Å². The van der Waals surface area contributed by atoms with E-state index in [0.717, 1.165) is 33.6 Å². The molecule has 1 atom stereocenters. The Kier molecular flexibility index (Phi) is 7.35. The molecule has 6 rings (SSSR count). The topological polar surface area (TPSA) is 76.7 Å². The summed E-state index contributed by atoms with van der Waals surface area (Å²) < 4.78 is 17.2. The van der Waals surface area contributed by atoms with Gasteiger partial charge in [0.2, 0.25) is 0 Å². The molecule has 1 aromatic heterocycles.